The number of rotatable bonds is 15. The van der Waals surface area contributed by atoms with E-state index >= 15 is 0 Å². The Morgan fingerprint density at radius 1 is 0.865 bits per heavy atom. The molecule has 8 heterocycles. The van der Waals surface area contributed by atoms with Gasteiger partial charge in [-0.15, -0.1) is 21.5 Å². The number of aromatic hydroxyl groups is 1. The van der Waals surface area contributed by atoms with Gasteiger partial charge in [0.2, 0.25) is 17.7 Å². The van der Waals surface area contributed by atoms with Gasteiger partial charge in [0.05, 0.1) is 51.8 Å². The van der Waals surface area contributed by atoms with Crippen molar-refractivity contribution in [3.8, 4) is 33.3 Å². The van der Waals surface area contributed by atoms with E-state index in [4.69, 9.17) is 19.7 Å². The second kappa shape index (κ2) is 20.8. The fraction of sp³-hybridized carbons (Fsp3) is 0.473. The van der Waals surface area contributed by atoms with Gasteiger partial charge in [0.1, 0.15) is 23.8 Å². The highest BCUT2D eigenvalue weighted by Gasteiger charge is 2.45. The number of anilines is 4. The molecule has 2 bridgehead atoms. The first kappa shape index (κ1) is 49.4. The van der Waals surface area contributed by atoms with Crippen LogP contribution >= 0.6 is 11.3 Å². The van der Waals surface area contributed by atoms with Gasteiger partial charge in [-0.25, -0.2) is 9.97 Å². The number of fused-ring (bicyclic) bond motifs is 2. The molecule has 6 atom stereocenters. The summed E-state index contributed by atoms with van der Waals surface area (Å²) in [5, 5.41) is 37.3. The van der Waals surface area contributed by atoms with E-state index in [1.54, 1.807) is 23.5 Å². The molecular weight excluding hydrogens is 959 g/mol. The zero-order valence-electron chi connectivity index (χ0n) is 42.3. The maximum atomic E-state index is 14.4. The smallest absolute Gasteiger partial charge is 0.243 e. The molecule has 388 valence electrons. The SMILES string of the molecule is Cc1ncsc1-c1ccc(C(C)NC(=O)C2CC(O)CN2C(=O)C(c2cc(N3CCC(OC4CC(Oc5cc(N6C7CCC6CN(c6cc(-c8ccccc8O)nnc6N)C7)ccn5)C4)CC3)no2)C(C)C)cc1. The van der Waals surface area contributed by atoms with Crippen molar-refractivity contribution in [3.63, 3.8) is 0 Å². The predicted octanol–water partition coefficient (Wildman–Crippen LogP) is 7.28. The molecule has 18 nitrogen and oxygen atoms in total. The van der Waals surface area contributed by atoms with Crippen LogP contribution < -0.4 is 30.5 Å². The van der Waals surface area contributed by atoms with E-state index < -0.39 is 18.1 Å². The van der Waals surface area contributed by atoms with Crippen molar-refractivity contribution in [1.82, 2.24) is 35.5 Å². The van der Waals surface area contributed by atoms with Crippen molar-refractivity contribution in [2.75, 3.05) is 53.2 Å². The second-order valence-electron chi connectivity index (χ2n) is 21.0. The van der Waals surface area contributed by atoms with Crippen molar-refractivity contribution in [3.05, 3.63) is 102 Å². The average Bonchev–Trinajstić information content (AvgIpc) is 4.20. The van der Waals surface area contributed by atoms with Crippen LogP contribution in [0.15, 0.2) is 89.0 Å². The summed E-state index contributed by atoms with van der Waals surface area (Å²) in [5.74, 6) is 0.888. The number of likely N-dealkylation sites (tertiary alicyclic amines) is 1. The number of piperazine rings is 1. The number of ether oxygens (including phenoxy) is 2. The molecule has 5 N–H and O–H groups in total. The van der Waals surface area contributed by atoms with Gasteiger partial charge in [-0.1, -0.05) is 55.4 Å². The Balaban J connectivity index is 0.642. The largest absolute Gasteiger partial charge is 0.507 e. The Morgan fingerprint density at radius 3 is 2.34 bits per heavy atom. The third-order valence-electron chi connectivity index (χ3n) is 15.7. The fourth-order valence-corrected chi connectivity index (χ4v) is 12.5. The van der Waals surface area contributed by atoms with E-state index in [0.717, 1.165) is 97.8 Å². The minimum atomic E-state index is -0.817. The summed E-state index contributed by atoms with van der Waals surface area (Å²) in [6.07, 6.45) is 6.82. The lowest BCUT2D eigenvalue weighted by Gasteiger charge is -2.43. The third kappa shape index (κ3) is 10.1. The molecule has 74 heavy (non-hydrogen) atoms. The van der Waals surface area contributed by atoms with Gasteiger partial charge in [0, 0.05) is 93.7 Å². The molecule has 4 aromatic heterocycles. The molecule has 1 aliphatic carbocycles. The Bertz CT molecular complexity index is 2940. The van der Waals surface area contributed by atoms with Crippen molar-refractivity contribution < 1.29 is 33.8 Å². The van der Waals surface area contributed by atoms with Crippen LogP contribution in [0.25, 0.3) is 21.7 Å². The van der Waals surface area contributed by atoms with Crippen LogP contribution in [0.4, 0.5) is 23.0 Å². The molecule has 0 spiro atoms. The van der Waals surface area contributed by atoms with Crippen LogP contribution in [0.1, 0.15) is 94.7 Å². The molecule has 4 saturated heterocycles. The van der Waals surface area contributed by atoms with Crippen molar-refractivity contribution in [1.29, 1.82) is 0 Å². The summed E-state index contributed by atoms with van der Waals surface area (Å²) in [4.78, 5) is 46.8. The van der Waals surface area contributed by atoms with Crippen LogP contribution in [-0.2, 0) is 14.3 Å². The molecule has 11 rings (SSSR count). The van der Waals surface area contributed by atoms with Gasteiger partial charge in [0.15, 0.2) is 17.4 Å². The molecule has 5 aliphatic rings. The maximum absolute atomic E-state index is 14.4. The number of benzene rings is 2. The Morgan fingerprint density at radius 2 is 1.62 bits per heavy atom. The van der Waals surface area contributed by atoms with Crippen molar-refractivity contribution >= 4 is 46.2 Å². The number of piperidine rings is 1. The zero-order chi connectivity index (χ0) is 51.2. The van der Waals surface area contributed by atoms with Crippen LogP contribution in [0.5, 0.6) is 11.6 Å². The number of β-amino-alcohol motifs (C(OH)–C–C–N with tert-alkyl or cyclic N) is 1. The summed E-state index contributed by atoms with van der Waals surface area (Å²) < 4.78 is 18.9. The van der Waals surface area contributed by atoms with E-state index in [-0.39, 0.29) is 72.9 Å². The van der Waals surface area contributed by atoms with Crippen LogP contribution in [0, 0.1) is 12.8 Å². The second-order valence-corrected chi connectivity index (χ2v) is 21.9. The number of para-hydroxylation sites is 1. The number of aliphatic hydroxyl groups excluding tert-OH is 1. The third-order valence-corrected chi connectivity index (χ3v) is 16.7. The minimum absolute atomic E-state index is 0.0293. The number of phenolic OH excluding ortho intramolecular Hbond substituents is 1. The number of thiazole rings is 1. The lowest BCUT2D eigenvalue weighted by atomic mass is 9.91. The van der Waals surface area contributed by atoms with Gasteiger partial charge in [-0.2, -0.15) is 0 Å². The number of carbonyl (C=O) groups is 2. The molecule has 1 saturated carbocycles. The monoisotopic (exact) mass is 1020 g/mol. The first-order valence-corrected chi connectivity index (χ1v) is 26.9. The summed E-state index contributed by atoms with van der Waals surface area (Å²) in [5.41, 5.74) is 14.4. The van der Waals surface area contributed by atoms with Gasteiger partial charge < -0.3 is 54.9 Å². The number of aromatic nitrogens is 5. The van der Waals surface area contributed by atoms with Crippen LogP contribution in [-0.4, -0.2) is 128 Å². The minimum Gasteiger partial charge on any atom is -0.507 e. The Kier molecular flexibility index (Phi) is 13.9. The molecule has 6 unspecified atom stereocenters. The molecule has 19 heteroatoms. The van der Waals surface area contributed by atoms with E-state index in [0.29, 0.717) is 34.5 Å². The quantitative estimate of drug-likeness (QED) is 0.0794. The van der Waals surface area contributed by atoms with E-state index in [1.807, 2.05) is 87.9 Å². The standard InChI is InChI=1S/C55H65N11O7S/c1-31(2)51(55(70)65-29-39(67)22-46(65)54(69)59-32(3)34-9-11-35(12-10-34)52-33(4)58-30-74-52)48-26-49(62-73-48)63-19-16-40(17-20-63)71-41-23-42(24-41)72-50-21-36(15-18-57-50)66-37-13-14-38(66)28-64(27-37)45-25-44(60-61-53(45)56)43-7-5-6-8-47(43)68/h5-12,15,18,21,25-26,30-32,37-42,46,51,67-68H,13-14,16-17,19-20,22-24,27-29H2,1-4H3,(H2,56,61)(H,59,69). The van der Waals surface area contributed by atoms with Gasteiger partial charge in [0.25, 0.3) is 0 Å². The maximum Gasteiger partial charge on any atom is 0.243 e. The van der Waals surface area contributed by atoms with Crippen molar-refractivity contribution in [2.24, 2.45) is 5.92 Å². The van der Waals surface area contributed by atoms with Gasteiger partial charge >= 0.3 is 0 Å². The summed E-state index contributed by atoms with van der Waals surface area (Å²) >= 11 is 1.59. The first-order chi connectivity index (χ1) is 35.8. The summed E-state index contributed by atoms with van der Waals surface area (Å²) in [6, 6.07) is 22.6. The lowest BCUT2D eigenvalue weighted by molar-refractivity contribution is -0.141. The van der Waals surface area contributed by atoms with E-state index in [2.05, 4.69) is 57.5 Å². The van der Waals surface area contributed by atoms with Crippen LogP contribution in [0.2, 0.25) is 0 Å². The highest BCUT2D eigenvalue weighted by atomic mass is 32.1. The number of pyridine rings is 1. The number of nitrogen functional groups attached to an aromatic ring is 1. The number of hydrogen-bond donors (Lipinski definition) is 4. The molecule has 5 fully saturated rings. The number of amides is 2. The topological polar surface area (TPSA) is 222 Å². The van der Waals surface area contributed by atoms with Crippen molar-refractivity contribution in [2.45, 2.75) is 127 Å². The van der Waals surface area contributed by atoms with Gasteiger partial charge in [-0.3, -0.25) is 9.59 Å². The number of nitrogens with zero attached hydrogens (tertiary/aromatic N) is 9. The van der Waals surface area contributed by atoms with Gasteiger partial charge in [-0.05, 0) is 80.8 Å². The number of aliphatic hydroxyl groups is 1. The van der Waals surface area contributed by atoms with Crippen LogP contribution in [0.3, 0.4) is 0 Å². The normalized spacial score (nSPS) is 23.8. The van der Waals surface area contributed by atoms with E-state index in [1.165, 1.54) is 4.90 Å². The highest BCUT2D eigenvalue weighted by molar-refractivity contribution is 7.13. The molecule has 4 aliphatic heterocycles. The lowest BCUT2D eigenvalue weighted by Crippen LogP contribution is -2.54. The molecule has 0 radical (unpaired) electrons. The number of carbonyl (C=O) groups excluding carboxylic acids is 2. The molecule has 2 aromatic carbocycles. The summed E-state index contributed by atoms with van der Waals surface area (Å²) in [7, 11) is 0. The number of nitrogens with one attached hydrogen (secondary N) is 1. The highest BCUT2D eigenvalue weighted by Crippen LogP contribution is 2.41. The molecular formula is C55H65N11O7S. The predicted molar refractivity (Wildman–Crippen MR) is 282 cm³/mol. The fourth-order valence-electron chi connectivity index (χ4n) is 11.7. The number of phenols is 1. The molecule has 2 amide bonds. The number of nitrogens with two attached hydrogens (primary N) is 1. The molecule has 6 aromatic rings. The average molecular weight is 1020 g/mol. The Labute approximate surface area is 434 Å². The number of hydrogen-bond acceptors (Lipinski definition) is 17. The first-order valence-electron chi connectivity index (χ1n) is 26.1. The number of aryl methyl sites for hydroxylation is 1. The zero-order valence-corrected chi connectivity index (χ0v) is 43.1. The Hall–Kier alpha value is -6.83. The summed E-state index contributed by atoms with van der Waals surface area (Å²) in [6.45, 7) is 10.9. The van der Waals surface area contributed by atoms with E-state index in [9.17, 15) is 19.8 Å².